The fourth-order valence-corrected chi connectivity index (χ4v) is 4.21. The van der Waals surface area contributed by atoms with Crippen LogP contribution < -0.4 is 15.4 Å². The molecule has 0 aliphatic heterocycles. The highest BCUT2D eigenvalue weighted by atomic mass is 16.5. The molecule has 10 heteroatoms. The zero-order valence-electron chi connectivity index (χ0n) is 20.3. The molecular weight excluding hydrogens is 468 g/mol. The smallest absolute Gasteiger partial charge is 0.258 e. The van der Waals surface area contributed by atoms with Crippen LogP contribution in [0.25, 0.3) is 33.7 Å². The number of anilines is 2. The summed E-state index contributed by atoms with van der Waals surface area (Å²) in [6.07, 6.45) is 8.61. The van der Waals surface area contributed by atoms with Crippen molar-refractivity contribution in [2.24, 2.45) is 7.05 Å². The number of aromatic nitrogens is 6. The number of H-pyrrole nitrogens is 1. The minimum atomic E-state index is -0.104. The summed E-state index contributed by atoms with van der Waals surface area (Å²) in [6.45, 7) is -0.0246. The molecule has 3 N–H and O–H groups in total. The Morgan fingerprint density at radius 1 is 1.11 bits per heavy atom. The Labute approximate surface area is 213 Å². The van der Waals surface area contributed by atoms with Gasteiger partial charge in [-0.15, -0.1) is 0 Å². The van der Waals surface area contributed by atoms with Gasteiger partial charge in [0.05, 0.1) is 12.5 Å². The second-order valence-electron chi connectivity index (χ2n) is 9.12. The van der Waals surface area contributed by atoms with E-state index in [1.807, 2.05) is 66.3 Å². The molecule has 0 atom stereocenters. The van der Waals surface area contributed by atoms with Gasteiger partial charge in [0.25, 0.3) is 5.91 Å². The van der Waals surface area contributed by atoms with E-state index in [4.69, 9.17) is 14.7 Å². The number of imidazole rings is 1. The molecule has 0 unspecified atom stereocenters. The Morgan fingerprint density at radius 2 is 1.97 bits per heavy atom. The highest BCUT2D eigenvalue weighted by Crippen LogP contribution is 2.29. The number of hydrogen-bond donors (Lipinski definition) is 3. The summed E-state index contributed by atoms with van der Waals surface area (Å²) in [7, 11) is 1.90. The Hall–Kier alpha value is -4.73. The van der Waals surface area contributed by atoms with E-state index in [1.54, 1.807) is 12.5 Å². The molecule has 3 aromatic heterocycles. The highest BCUT2D eigenvalue weighted by molar-refractivity contribution is 5.87. The maximum Gasteiger partial charge on any atom is 0.258 e. The van der Waals surface area contributed by atoms with Crippen LogP contribution in [0.15, 0.2) is 67.3 Å². The van der Waals surface area contributed by atoms with Gasteiger partial charge in [0, 0.05) is 36.1 Å². The number of ether oxygens (including phenoxy) is 1. The predicted octanol–water partition coefficient (Wildman–Crippen LogP) is 4.21. The van der Waals surface area contributed by atoms with Gasteiger partial charge in [0.1, 0.15) is 5.75 Å². The number of carbonyl (C=O) groups excluding carboxylic acids is 1. The van der Waals surface area contributed by atoms with E-state index >= 15 is 0 Å². The summed E-state index contributed by atoms with van der Waals surface area (Å²) < 4.78 is 7.62. The van der Waals surface area contributed by atoms with E-state index in [9.17, 15) is 4.79 Å². The monoisotopic (exact) mass is 494 g/mol. The average molecular weight is 495 g/mol. The van der Waals surface area contributed by atoms with Crippen LogP contribution in [0.1, 0.15) is 19.3 Å². The van der Waals surface area contributed by atoms with E-state index in [1.165, 1.54) is 6.42 Å². The quantitative estimate of drug-likeness (QED) is 0.295. The highest BCUT2D eigenvalue weighted by Gasteiger charge is 2.19. The molecule has 0 spiro atoms. The third kappa shape index (κ3) is 4.86. The van der Waals surface area contributed by atoms with Crippen LogP contribution in [-0.2, 0) is 11.8 Å². The van der Waals surface area contributed by atoms with Crippen LogP contribution in [0.5, 0.6) is 5.75 Å². The first-order valence-corrected chi connectivity index (χ1v) is 12.2. The molecule has 186 valence electrons. The number of amides is 1. The molecule has 1 aliphatic carbocycles. The van der Waals surface area contributed by atoms with Crippen molar-refractivity contribution in [3.63, 3.8) is 0 Å². The number of carbonyl (C=O) groups is 1. The van der Waals surface area contributed by atoms with Gasteiger partial charge < -0.3 is 19.9 Å². The zero-order valence-corrected chi connectivity index (χ0v) is 20.3. The lowest BCUT2D eigenvalue weighted by molar-refractivity contribution is -0.124. The number of aryl methyl sites for hydroxylation is 1. The van der Waals surface area contributed by atoms with E-state index in [0.717, 1.165) is 35.2 Å². The number of nitrogens with one attached hydrogen (secondary N) is 3. The van der Waals surface area contributed by atoms with Gasteiger partial charge >= 0.3 is 0 Å². The van der Waals surface area contributed by atoms with Crippen LogP contribution in [0, 0.1) is 0 Å². The predicted molar refractivity (Wildman–Crippen MR) is 140 cm³/mol. The summed E-state index contributed by atoms with van der Waals surface area (Å²) in [5.41, 5.74) is 5.10. The van der Waals surface area contributed by atoms with Crippen LogP contribution in [0.3, 0.4) is 0 Å². The lowest BCUT2D eigenvalue weighted by atomic mass is 9.93. The van der Waals surface area contributed by atoms with Gasteiger partial charge in [0.2, 0.25) is 0 Å². The topological polar surface area (TPSA) is 123 Å². The van der Waals surface area contributed by atoms with E-state index in [-0.39, 0.29) is 18.6 Å². The first-order chi connectivity index (χ1) is 18.1. The van der Waals surface area contributed by atoms with Crippen molar-refractivity contribution >= 4 is 28.6 Å². The van der Waals surface area contributed by atoms with Crippen LogP contribution >= 0.6 is 0 Å². The molecule has 10 nitrogen and oxygen atoms in total. The SMILES string of the molecule is Cn1cnc2c(Nc3ccc(-c4cn[nH]c4)cc3)nc(-c3cccc(OCC(=O)NC4CCC4)c3)nc21. The lowest BCUT2D eigenvalue weighted by Gasteiger charge is -2.26. The molecule has 37 heavy (non-hydrogen) atoms. The van der Waals surface area contributed by atoms with Gasteiger partial charge in [-0.25, -0.2) is 15.0 Å². The lowest BCUT2D eigenvalue weighted by Crippen LogP contribution is -2.41. The molecule has 5 aromatic rings. The van der Waals surface area contributed by atoms with Gasteiger partial charge in [-0.3, -0.25) is 9.89 Å². The minimum Gasteiger partial charge on any atom is -0.484 e. The van der Waals surface area contributed by atoms with Crippen molar-refractivity contribution in [2.75, 3.05) is 11.9 Å². The van der Waals surface area contributed by atoms with Crippen molar-refractivity contribution in [3.8, 4) is 28.3 Å². The van der Waals surface area contributed by atoms with Gasteiger partial charge in [0.15, 0.2) is 29.4 Å². The molecule has 3 heterocycles. The van der Waals surface area contributed by atoms with Gasteiger partial charge in [-0.05, 0) is 49.1 Å². The maximum absolute atomic E-state index is 12.2. The molecule has 2 aromatic carbocycles. The summed E-state index contributed by atoms with van der Waals surface area (Å²) in [4.78, 5) is 26.2. The fourth-order valence-electron chi connectivity index (χ4n) is 4.21. The molecular formula is C27H26N8O2. The van der Waals surface area contributed by atoms with Crippen LogP contribution in [0.4, 0.5) is 11.5 Å². The Morgan fingerprint density at radius 3 is 2.73 bits per heavy atom. The fraction of sp³-hybridized carbons (Fsp3) is 0.222. The van der Waals surface area contributed by atoms with Crippen LogP contribution in [-0.4, -0.2) is 48.3 Å². The first-order valence-electron chi connectivity index (χ1n) is 12.2. The molecule has 0 bridgehead atoms. The summed E-state index contributed by atoms with van der Waals surface area (Å²) >= 11 is 0. The maximum atomic E-state index is 12.2. The van der Waals surface area contributed by atoms with Crippen molar-refractivity contribution in [1.29, 1.82) is 0 Å². The largest absolute Gasteiger partial charge is 0.484 e. The second-order valence-corrected chi connectivity index (χ2v) is 9.12. The number of nitrogens with zero attached hydrogens (tertiary/aromatic N) is 5. The minimum absolute atomic E-state index is 0.0246. The normalized spacial score (nSPS) is 13.3. The average Bonchev–Trinajstić information content (AvgIpc) is 3.56. The summed E-state index contributed by atoms with van der Waals surface area (Å²) in [6, 6.07) is 15.8. The number of fused-ring (bicyclic) bond motifs is 1. The molecule has 0 saturated heterocycles. The molecule has 1 aliphatic rings. The molecule has 1 fully saturated rings. The van der Waals surface area contributed by atoms with Crippen LogP contribution in [0.2, 0.25) is 0 Å². The Balaban J connectivity index is 1.25. The van der Waals surface area contributed by atoms with Crippen molar-refractivity contribution < 1.29 is 9.53 Å². The number of benzene rings is 2. The second kappa shape index (κ2) is 9.73. The van der Waals surface area contributed by atoms with Crippen molar-refractivity contribution in [2.45, 2.75) is 25.3 Å². The van der Waals surface area contributed by atoms with E-state index in [0.29, 0.717) is 28.6 Å². The van der Waals surface area contributed by atoms with E-state index in [2.05, 4.69) is 25.8 Å². The Kier molecular flexibility index (Phi) is 5.97. The molecule has 1 amide bonds. The number of hydrogen-bond acceptors (Lipinski definition) is 7. The molecule has 6 rings (SSSR count). The first kappa shape index (κ1) is 22.7. The third-order valence-electron chi connectivity index (χ3n) is 6.47. The van der Waals surface area contributed by atoms with E-state index < -0.39 is 0 Å². The third-order valence-corrected chi connectivity index (χ3v) is 6.47. The van der Waals surface area contributed by atoms with Crippen molar-refractivity contribution in [1.82, 2.24) is 35.0 Å². The van der Waals surface area contributed by atoms with Gasteiger partial charge in [-0.2, -0.15) is 5.10 Å². The van der Waals surface area contributed by atoms with Gasteiger partial charge in [-0.1, -0.05) is 24.3 Å². The van der Waals surface area contributed by atoms with Crippen molar-refractivity contribution in [3.05, 3.63) is 67.3 Å². The number of aromatic amines is 1. The standard InChI is InChI=1S/C27H26N8O2/c1-35-16-28-24-26(32-21-10-8-17(9-11-21)19-13-29-30-14-19)33-25(34-27(24)35)18-4-2-7-22(12-18)37-15-23(36)31-20-5-3-6-20/h2,4,7-14,16,20H,3,5-6,15H2,1H3,(H,29,30)(H,31,36)(H,32,33,34). The molecule has 0 radical (unpaired) electrons. The Bertz CT molecular complexity index is 1540. The summed E-state index contributed by atoms with van der Waals surface area (Å²) in [5.74, 6) is 1.60. The summed E-state index contributed by atoms with van der Waals surface area (Å²) in [5, 5.41) is 13.2. The molecule has 1 saturated carbocycles. The zero-order chi connectivity index (χ0) is 25.2. The number of rotatable bonds is 8.